The van der Waals surface area contributed by atoms with E-state index in [-0.39, 0.29) is 0 Å². The highest BCUT2D eigenvalue weighted by molar-refractivity contribution is 8.17. The van der Waals surface area contributed by atoms with E-state index in [4.69, 9.17) is 0 Å². The van der Waals surface area contributed by atoms with Gasteiger partial charge in [0.05, 0.1) is 17.1 Å². The number of amidine groups is 1. The highest BCUT2D eigenvalue weighted by Crippen LogP contribution is 2.53. The number of hydrogen-bond donors (Lipinski definition) is 0. The van der Waals surface area contributed by atoms with Crippen LogP contribution in [0.15, 0.2) is 34.2 Å². The van der Waals surface area contributed by atoms with Crippen molar-refractivity contribution in [2.24, 2.45) is 10.9 Å². The van der Waals surface area contributed by atoms with Crippen molar-refractivity contribution in [1.82, 2.24) is 4.90 Å². The molecule has 2 aromatic rings. The molecule has 1 aliphatic carbocycles. The van der Waals surface area contributed by atoms with Gasteiger partial charge in [-0.2, -0.15) is 0 Å². The van der Waals surface area contributed by atoms with Crippen LogP contribution in [0.1, 0.15) is 23.3 Å². The van der Waals surface area contributed by atoms with E-state index in [9.17, 15) is 0 Å². The minimum atomic E-state index is 0.796. The van der Waals surface area contributed by atoms with Crippen LogP contribution in [-0.4, -0.2) is 23.2 Å². The largest absolute Gasteiger partial charge is 0.317 e. The molecule has 4 heteroatoms. The van der Waals surface area contributed by atoms with Crippen molar-refractivity contribution in [3.05, 3.63) is 39.6 Å². The maximum absolute atomic E-state index is 4.67. The van der Waals surface area contributed by atoms with Gasteiger partial charge in [0.2, 0.25) is 0 Å². The summed E-state index contributed by atoms with van der Waals surface area (Å²) in [5, 5.41) is 2.62. The number of thioether (sulfide) groups is 1. The third-order valence-electron chi connectivity index (χ3n) is 4.43. The molecule has 3 heterocycles. The predicted octanol–water partition coefficient (Wildman–Crippen LogP) is 4.71. The second kappa shape index (κ2) is 4.37. The number of thiophene rings is 1. The van der Waals surface area contributed by atoms with E-state index in [1.54, 1.807) is 4.91 Å². The van der Waals surface area contributed by atoms with E-state index >= 15 is 0 Å². The molecule has 3 aliphatic rings. The van der Waals surface area contributed by atoms with Gasteiger partial charge in [-0.3, -0.25) is 4.99 Å². The Balaban J connectivity index is 1.70. The maximum Gasteiger partial charge on any atom is 0.168 e. The topological polar surface area (TPSA) is 15.6 Å². The third kappa shape index (κ3) is 1.82. The van der Waals surface area contributed by atoms with Gasteiger partial charge in [0.25, 0.3) is 0 Å². The summed E-state index contributed by atoms with van der Waals surface area (Å²) in [7, 11) is 0. The molecule has 5 rings (SSSR count). The molecule has 106 valence electrons. The van der Waals surface area contributed by atoms with Crippen LogP contribution in [0.4, 0.5) is 0 Å². The summed E-state index contributed by atoms with van der Waals surface area (Å²) >= 11 is 3.88. The van der Waals surface area contributed by atoms with Gasteiger partial charge in [-0.05, 0) is 42.7 Å². The second-order valence-electron chi connectivity index (χ2n) is 6.01. The molecular formula is C17H16N2S2. The minimum Gasteiger partial charge on any atom is -0.317 e. The Morgan fingerprint density at radius 2 is 2.19 bits per heavy atom. The lowest BCUT2D eigenvalue weighted by Crippen LogP contribution is -2.19. The van der Waals surface area contributed by atoms with E-state index in [0.717, 1.165) is 19.0 Å². The summed E-state index contributed by atoms with van der Waals surface area (Å²) in [4.78, 5) is 10.1. The zero-order valence-corrected chi connectivity index (χ0v) is 13.6. The first-order valence-corrected chi connectivity index (χ1v) is 9.18. The molecule has 0 saturated heterocycles. The van der Waals surface area contributed by atoms with Gasteiger partial charge in [-0.1, -0.05) is 30.0 Å². The van der Waals surface area contributed by atoms with E-state index in [1.807, 2.05) is 23.1 Å². The SMILES string of the molecule is Cc1cccc2cc(C3=C(C4CC4)SC4=NCCN43)sc12. The maximum atomic E-state index is 4.67. The van der Waals surface area contributed by atoms with Crippen LogP contribution in [0, 0.1) is 12.8 Å². The number of rotatable bonds is 2. The van der Waals surface area contributed by atoms with Crippen molar-refractivity contribution < 1.29 is 0 Å². The fraction of sp³-hybridized carbons (Fsp3) is 0.353. The number of benzene rings is 1. The Hall–Kier alpha value is -1.26. The molecule has 0 bridgehead atoms. The van der Waals surface area contributed by atoms with E-state index in [2.05, 4.69) is 41.1 Å². The standard InChI is InChI=1S/C17H16N2S2/c1-10-3-2-4-12-9-13(20-15(10)12)14-16(11-5-6-11)21-17-18-7-8-19(14)17/h2-4,9,11H,5-8H2,1H3. The lowest BCUT2D eigenvalue weighted by atomic mass is 10.1. The van der Waals surface area contributed by atoms with Gasteiger partial charge < -0.3 is 4.90 Å². The fourth-order valence-corrected chi connectivity index (χ4v) is 5.83. The van der Waals surface area contributed by atoms with E-state index < -0.39 is 0 Å². The molecule has 2 aliphatic heterocycles. The van der Waals surface area contributed by atoms with Gasteiger partial charge in [0.15, 0.2) is 5.17 Å². The van der Waals surface area contributed by atoms with Gasteiger partial charge in [0.1, 0.15) is 0 Å². The molecule has 21 heavy (non-hydrogen) atoms. The summed E-state index contributed by atoms with van der Waals surface area (Å²) < 4.78 is 1.43. The average molecular weight is 312 g/mol. The third-order valence-corrected chi connectivity index (χ3v) is 7.00. The highest BCUT2D eigenvalue weighted by Gasteiger charge is 2.40. The van der Waals surface area contributed by atoms with E-state index in [0.29, 0.717) is 0 Å². The van der Waals surface area contributed by atoms with Gasteiger partial charge in [-0.15, -0.1) is 11.3 Å². The van der Waals surface area contributed by atoms with Crippen LogP contribution in [0.3, 0.4) is 0 Å². The first kappa shape index (κ1) is 12.3. The molecule has 0 N–H and O–H groups in total. The Bertz CT molecular complexity index is 811. The van der Waals surface area contributed by atoms with Crippen molar-refractivity contribution >= 4 is 44.0 Å². The summed E-state index contributed by atoms with van der Waals surface area (Å²) in [6.45, 7) is 4.22. The summed E-state index contributed by atoms with van der Waals surface area (Å²) in [5.41, 5.74) is 2.86. The molecular weight excluding hydrogens is 296 g/mol. The first-order valence-electron chi connectivity index (χ1n) is 7.55. The quantitative estimate of drug-likeness (QED) is 0.798. The normalized spacial score (nSPS) is 21.4. The van der Waals surface area contributed by atoms with Crippen molar-refractivity contribution in [3.8, 4) is 0 Å². The molecule has 2 nitrogen and oxygen atoms in total. The van der Waals surface area contributed by atoms with Gasteiger partial charge in [-0.25, -0.2) is 0 Å². The van der Waals surface area contributed by atoms with Crippen LogP contribution in [0.25, 0.3) is 15.8 Å². The number of nitrogens with zero attached hydrogens (tertiary/aromatic N) is 2. The molecule has 0 radical (unpaired) electrons. The predicted molar refractivity (Wildman–Crippen MR) is 92.8 cm³/mol. The average Bonchev–Trinajstić information content (AvgIpc) is 2.93. The Kier molecular flexibility index (Phi) is 2.56. The van der Waals surface area contributed by atoms with Crippen molar-refractivity contribution in [2.75, 3.05) is 13.1 Å². The molecule has 1 fully saturated rings. The molecule has 1 aromatic heterocycles. The molecule has 0 spiro atoms. The van der Waals surface area contributed by atoms with Gasteiger partial charge in [0, 0.05) is 16.1 Å². The first-order chi connectivity index (χ1) is 10.3. The minimum absolute atomic E-state index is 0.796. The molecule has 0 unspecified atom stereocenters. The van der Waals surface area contributed by atoms with Crippen LogP contribution < -0.4 is 0 Å². The van der Waals surface area contributed by atoms with Crippen molar-refractivity contribution in [3.63, 3.8) is 0 Å². The Morgan fingerprint density at radius 1 is 1.29 bits per heavy atom. The van der Waals surface area contributed by atoms with Crippen LogP contribution in [0.5, 0.6) is 0 Å². The Labute approximate surface area is 132 Å². The Morgan fingerprint density at radius 3 is 3.00 bits per heavy atom. The van der Waals surface area contributed by atoms with Crippen LogP contribution in [0.2, 0.25) is 0 Å². The van der Waals surface area contributed by atoms with Gasteiger partial charge >= 0.3 is 0 Å². The molecule has 1 saturated carbocycles. The lowest BCUT2D eigenvalue weighted by Gasteiger charge is -2.15. The monoisotopic (exact) mass is 312 g/mol. The number of fused-ring (bicyclic) bond motifs is 2. The number of allylic oxidation sites excluding steroid dienone is 1. The smallest absolute Gasteiger partial charge is 0.168 e. The van der Waals surface area contributed by atoms with Crippen molar-refractivity contribution in [1.29, 1.82) is 0 Å². The lowest BCUT2D eigenvalue weighted by molar-refractivity contribution is 0.647. The molecule has 0 amide bonds. The summed E-state index contributed by atoms with van der Waals surface area (Å²) in [5.74, 6) is 0.796. The second-order valence-corrected chi connectivity index (χ2v) is 8.07. The summed E-state index contributed by atoms with van der Waals surface area (Å²) in [6, 6.07) is 8.99. The van der Waals surface area contributed by atoms with E-state index in [1.165, 1.54) is 44.2 Å². The zero-order chi connectivity index (χ0) is 14.0. The highest BCUT2D eigenvalue weighted by atomic mass is 32.2. The van der Waals surface area contributed by atoms with Crippen LogP contribution >= 0.6 is 23.1 Å². The zero-order valence-electron chi connectivity index (χ0n) is 11.9. The number of aryl methyl sites for hydroxylation is 1. The molecule has 1 aromatic carbocycles. The molecule has 0 atom stereocenters. The number of hydrogen-bond acceptors (Lipinski definition) is 4. The van der Waals surface area contributed by atoms with Crippen LogP contribution in [-0.2, 0) is 0 Å². The number of aliphatic imine (C=N–C) groups is 1. The van der Waals surface area contributed by atoms with Crippen molar-refractivity contribution in [2.45, 2.75) is 19.8 Å². The summed E-state index contributed by atoms with van der Waals surface area (Å²) in [6.07, 6.45) is 2.72. The fourth-order valence-electron chi connectivity index (χ4n) is 3.20.